The van der Waals surface area contributed by atoms with Crippen molar-refractivity contribution < 1.29 is 9.53 Å². The number of hydrogen-bond donors (Lipinski definition) is 2. The Balaban J connectivity index is 1.32. The van der Waals surface area contributed by atoms with Gasteiger partial charge in [0.05, 0.1) is 7.11 Å². The number of ether oxygens (including phenoxy) is 1. The molecular weight excluding hydrogens is 352 g/mol. The summed E-state index contributed by atoms with van der Waals surface area (Å²) in [5.74, 6) is 1.02. The molecule has 2 unspecified atom stereocenters. The summed E-state index contributed by atoms with van der Waals surface area (Å²) in [6.45, 7) is 5.35. The molecule has 6 nitrogen and oxygen atoms in total. The number of benzene rings is 2. The molecule has 2 N–H and O–H groups in total. The van der Waals surface area contributed by atoms with Gasteiger partial charge in [-0.1, -0.05) is 29.8 Å². The Morgan fingerprint density at radius 1 is 1.04 bits per heavy atom. The predicted octanol–water partition coefficient (Wildman–Crippen LogP) is 2.26. The molecule has 0 aromatic heterocycles. The van der Waals surface area contributed by atoms with Crippen LogP contribution in [0.3, 0.4) is 0 Å². The smallest absolute Gasteiger partial charge is 0.241 e. The van der Waals surface area contributed by atoms with Crippen molar-refractivity contribution in [2.45, 2.75) is 25.4 Å². The van der Waals surface area contributed by atoms with Crippen molar-refractivity contribution in [3.63, 3.8) is 0 Å². The number of hydrazine groups is 1. The molecule has 2 aromatic rings. The summed E-state index contributed by atoms with van der Waals surface area (Å²) in [6, 6.07) is 16.5. The molecule has 2 saturated heterocycles. The molecular formula is C22H28N4O2. The second-order valence-corrected chi connectivity index (χ2v) is 7.55. The Kier molecular flexibility index (Phi) is 5.50. The molecule has 28 heavy (non-hydrogen) atoms. The van der Waals surface area contributed by atoms with Crippen LogP contribution in [-0.4, -0.2) is 50.1 Å². The number of anilines is 1. The van der Waals surface area contributed by atoms with Crippen LogP contribution < -0.4 is 20.5 Å². The highest BCUT2D eigenvalue weighted by Crippen LogP contribution is 2.26. The maximum absolute atomic E-state index is 13.0. The van der Waals surface area contributed by atoms with E-state index in [9.17, 15) is 4.79 Å². The quantitative estimate of drug-likeness (QED) is 0.852. The van der Waals surface area contributed by atoms with Gasteiger partial charge >= 0.3 is 0 Å². The number of nitrogens with one attached hydrogen (secondary N) is 2. The first kappa shape index (κ1) is 18.8. The minimum Gasteiger partial charge on any atom is -0.497 e. The number of carbonyl (C=O) groups excluding carboxylic acids is 1. The van der Waals surface area contributed by atoms with E-state index in [2.05, 4.69) is 53.0 Å². The molecule has 2 atom stereocenters. The average molecular weight is 380 g/mol. The Morgan fingerprint density at radius 3 is 2.50 bits per heavy atom. The first-order chi connectivity index (χ1) is 13.6. The molecule has 0 bridgehead atoms. The highest BCUT2D eigenvalue weighted by Gasteiger charge is 2.34. The van der Waals surface area contributed by atoms with Gasteiger partial charge in [-0.25, -0.2) is 10.9 Å². The molecule has 0 spiro atoms. The second-order valence-electron chi connectivity index (χ2n) is 7.55. The zero-order valence-electron chi connectivity index (χ0n) is 16.5. The summed E-state index contributed by atoms with van der Waals surface area (Å²) in [5.41, 5.74) is 10.1. The van der Waals surface area contributed by atoms with E-state index in [-0.39, 0.29) is 18.0 Å². The number of carbonyl (C=O) groups is 1. The summed E-state index contributed by atoms with van der Waals surface area (Å²) in [7, 11) is 1.67. The molecule has 2 aromatic carbocycles. The Bertz CT molecular complexity index is 816. The summed E-state index contributed by atoms with van der Waals surface area (Å²) in [5, 5.41) is 0. The lowest BCUT2D eigenvalue weighted by Crippen LogP contribution is -2.53. The number of piperazine rings is 1. The van der Waals surface area contributed by atoms with E-state index in [1.807, 2.05) is 23.1 Å². The highest BCUT2D eigenvalue weighted by molar-refractivity contribution is 5.82. The molecule has 4 rings (SSSR count). The summed E-state index contributed by atoms with van der Waals surface area (Å²) < 4.78 is 5.31. The Hall–Kier alpha value is -2.57. The van der Waals surface area contributed by atoms with E-state index in [0.29, 0.717) is 0 Å². The maximum Gasteiger partial charge on any atom is 0.241 e. The zero-order valence-corrected chi connectivity index (χ0v) is 16.5. The van der Waals surface area contributed by atoms with Gasteiger partial charge in [-0.15, -0.1) is 0 Å². The van der Waals surface area contributed by atoms with E-state index < -0.39 is 0 Å². The lowest BCUT2D eigenvalue weighted by atomic mass is 10.0. The minimum atomic E-state index is -0.192. The van der Waals surface area contributed by atoms with Crippen LogP contribution in [0, 0.1) is 6.92 Å². The third kappa shape index (κ3) is 3.98. The Morgan fingerprint density at radius 2 is 1.79 bits per heavy atom. The lowest BCUT2D eigenvalue weighted by Gasteiger charge is -2.37. The molecule has 1 amide bonds. The number of aryl methyl sites for hydroxylation is 1. The SMILES string of the molecule is COc1cccc(C2CC(C(=O)N3CCN(c4ccc(C)cc4)CC3)NN2)c1. The highest BCUT2D eigenvalue weighted by atomic mass is 16.5. The number of rotatable bonds is 4. The van der Waals surface area contributed by atoms with Crippen LogP contribution in [0.4, 0.5) is 5.69 Å². The van der Waals surface area contributed by atoms with Gasteiger partial charge in [0.25, 0.3) is 0 Å². The molecule has 2 aliphatic rings. The molecule has 0 aliphatic carbocycles. The first-order valence-corrected chi connectivity index (χ1v) is 9.89. The summed E-state index contributed by atoms with van der Waals surface area (Å²) in [6.07, 6.45) is 0.740. The van der Waals surface area contributed by atoms with Crippen LogP contribution in [0.1, 0.15) is 23.6 Å². The van der Waals surface area contributed by atoms with Crippen molar-refractivity contribution in [3.05, 3.63) is 59.7 Å². The summed E-state index contributed by atoms with van der Waals surface area (Å²) >= 11 is 0. The number of methoxy groups -OCH3 is 1. The molecule has 6 heteroatoms. The molecule has 2 fully saturated rings. The van der Waals surface area contributed by atoms with Crippen LogP contribution in [0.25, 0.3) is 0 Å². The van der Waals surface area contributed by atoms with Crippen LogP contribution in [0.2, 0.25) is 0 Å². The molecule has 148 valence electrons. The van der Waals surface area contributed by atoms with E-state index in [0.717, 1.165) is 43.9 Å². The van der Waals surface area contributed by atoms with Gasteiger partial charge in [0, 0.05) is 37.9 Å². The molecule has 0 radical (unpaired) electrons. The van der Waals surface area contributed by atoms with Crippen LogP contribution >= 0.6 is 0 Å². The minimum absolute atomic E-state index is 0.109. The van der Waals surface area contributed by atoms with E-state index >= 15 is 0 Å². The van der Waals surface area contributed by atoms with Crippen LogP contribution in [-0.2, 0) is 4.79 Å². The van der Waals surface area contributed by atoms with Gasteiger partial charge in [0.1, 0.15) is 11.8 Å². The average Bonchev–Trinajstić information content (AvgIpc) is 3.24. The van der Waals surface area contributed by atoms with Crippen molar-refractivity contribution >= 4 is 11.6 Å². The molecule has 0 saturated carbocycles. The van der Waals surface area contributed by atoms with Gasteiger partial charge in [-0.3, -0.25) is 4.79 Å². The third-order valence-electron chi connectivity index (χ3n) is 5.69. The monoisotopic (exact) mass is 380 g/mol. The fourth-order valence-electron chi connectivity index (χ4n) is 3.96. The largest absolute Gasteiger partial charge is 0.497 e. The predicted molar refractivity (Wildman–Crippen MR) is 110 cm³/mol. The normalized spacial score (nSPS) is 22.4. The summed E-state index contributed by atoms with van der Waals surface area (Å²) in [4.78, 5) is 17.3. The number of hydrogen-bond acceptors (Lipinski definition) is 5. The lowest BCUT2D eigenvalue weighted by molar-refractivity contribution is -0.133. The van der Waals surface area contributed by atoms with Crippen molar-refractivity contribution in [1.82, 2.24) is 15.8 Å². The first-order valence-electron chi connectivity index (χ1n) is 9.89. The van der Waals surface area contributed by atoms with E-state index in [1.165, 1.54) is 11.3 Å². The van der Waals surface area contributed by atoms with Crippen molar-refractivity contribution in [2.75, 3.05) is 38.2 Å². The fourth-order valence-corrected chi connectivity index (χ4v) is 3.96. The Labute approximate surface area is 166 Å². The van der Waals surface area contributed by atoms with Gasteiger partial charge in [-0.2, -0.15) is 0 Å². The standard InChI is InChI=1S/C22H28N4O2/c1-16-6-8-18(9-7-16)25-10-12-26(13-11-25)22(27)21-15-20(23-24-21)17-4-3-5-19(14-17)28-2/h3-9,14,20-21,23-24H,10-13,15H2,1-2H3. The number of nitrogens with zero attached hydrogens (tertiary/aromatic N) is 2. The van der Waals surface area contributed by atoms with Gasteiger partial charge in [-0.05, 0) is 43.2 Å². The van der Waals surface area contributed by atoms with Gasteiger partial charge in [0.2, 0.25) is 5.91 Å². The third-order valence-corrected chi connectivity index (χ3v) is 5.69. The fraction of sp³-hybridized carbons (Fsp3) is 0.409. The number of amides is 1. The van der Waals surface area contributed by atoms with Crippen molar-refractivity contribution in [1.29, 1.82) is 0 Å². The van der Waals surface area contributed by atoms with Crippen LogP contribution in [0.15, 0.2) is 48.5 Å². The topological polar surface area (TPSA) is 56.8 Å². The van der Waals surface area contributed by atoms with Crippen molar-refractivity contribution in [3.8, 4) is 5.75 Å². The van der Waals surface area contributed by atoms with Crippen LogP contribution in [0.5, 0.6) is 5.75 Å². The van der Waals surface area contributed by atoms with Gasteiger partial charge < -0.3 is 14.5 Å². The molecule has 2 aliphatic heterocycles. The van der Waals surface area contributed by atoms with E-state index in [4.69, 9.17) is 4.74 Å². The van der Waals surface area contributed by atoms with Gasteiger partial charge in [0.15, 0.2) is 0 Å². The second kappa shape index (κ2) is 8.20. The maximum atomic E-state index is 13.0. The van der Waals surface area contributed by atoms with Crippen molar-refractivity contribution in [2.24, 2.45) is 0 Å². The zero-order chi connectivity index (χ0) is 19.5. The van der Waals surface area contributed by atoms with E-state index in [1.54, 1.807) is 7.11 Å². The molecule has 2 heterocycles.